The average Bonchev–Trinajstić information content (AvgIpc) is 2.64. The first kappa shape index (κ1) is 19.5. The molecule has 0 fully saturated rings. The van der Waals surface area contributed by atoms with Gasteiger partial charge in [-0.25, -0.2) is 22.2 Å². The highest BCUT2D eigenvalue weighted by atomic mass is 19.2. The standard InChI is InChI=1S/C18H14F4N4O2/c1-9-11(8-27)12(19)2-3-15(9)24-18-25-16(28)6-23-26(18)7-10-4-13(20)17(22)14(21)5-10/h2-6,27H,7-8H2,1H3,(H,24,25,28). The minimum Gasteiger partial charge on any atom is -0.392 e. The van der Waals surface area contributed by atoms with E-state index in [-0.39, 0.29) is 23.6 Å². The lowest BCUT2D eigenvalue weighted by molar-refractivity contribution is 0.275. The molecule has 0 unspecified atom stereocenters. The monoisotopic (exact) mass is 394 g/mol. The highest BCUT2D eigenvalue weighted by Crippen LogP contribution is 2.24. The smallest absolute Gasteiger partial charge is 0.293 e. The van der Waals surface area contributed by atoms with E-state index in [0.717, 1.165) is 29.1 Å². The Labute approximate surface area is 156 Å². The summed E-state index contributed by atoms with van der Waals surface area (Å²) in [7, 11) is 0. The Bertz CT molecular complexity index is 1080. The van der Waals surface area contributed by atoms with Crippen molar-refractivity contribution in [2.75, 3.05) is 5.32 Å². The van der Waals surface area contributed by atoms with Crippen molar-refractivity contribution >= 4 is 11.6 Å². The van der Waals surface area contributed by atoms with Gasteiger partial charge in [0, 0.05) is 11.3 Å². The summed E-state index contributed by atoms with van der Waals surface area (Å²) in [4.78, 5) is 15.4. The molecule has 0 radical (unpaired) electrons. The van der Waals surface area contributed by atoms with Crippen molar-refractivity contribution in [2.24, 2.45) is 0 Å². The number of benzene rings is 2. The molecular formula is C18H14F4N4O2. The maximum Gasteiger partial charge on any atom is 0.293 e. The molecule has 0 aliphatic rings. The van der Waals surface area contributed by atoms with Crippen molar-refractivity contribution in [3.63, 3.8) is 0 Å². The number of nitrogens with zero attached hydrogens (tertiary/aromatic N) is 3. The second kappa shape index (κ2) is 7.77. The summed E-state index contributed by atoms with van der Waals surface area (Å²) in [5.41, 5.74) is 0.147. The van der Waals surface area contributed by atoms with Crippen LogP contribution in [0.5, 0.6) is 0 Å². The zero-order chi connectivity index (χ0) is 20.4. The summed E-state index contributed by atoms with van der Waals surface area (Å²) in [6.45, 7) is 0.798. The van der Waals surface area contributed by atoms with Crippen molar-refractivity contribution in [3.05, 3.63) is 80.8 Å². The fourth-order valence-corrected chi connectivity index (χ4v) is 2.62. The first-order valence-corrected chi connectivity index (χ1v) is 8.03. The normalized spacial score (nSPS) is 10.9. The lowest BCUT2D eigenvalue weighted by atomic mass is 10.1. The highest BCUT2D eigenvalue weighted by Gasteiger charge is 2.14. The van der Waals surface area contributed by atoms with Gasteiger partial charge in [-0.3, -0.25) is 4.79 Å². The van der Waals surface area contributed by atoms with Gasteiger partial charge in [0.15, 0.2) is 17.5 Å². The van der Waals surface area contributed by atoms with Crippen LogP contribution in [0.15, 0.2) is 35.3 Å². The van der Waals surface area contributed by atoms with E-state index in [1.54, 1.807) is 6.92 Å². The lowest BCUT2D eigenvalue weighted by Crippen LogP contribution is -2.20. The molecule has 146 valence electrons. The number of nitrogens with one attached hydrogen (secondary N) is 1. The minimum absolute atomic E-state index is 0.0456. The van der Waals surface area contributed by atoms with Crippen LogP contribution in [0.1, 0.15) is 16.7 Å². The third kappa shape index (κ3) is 3.86. The fourth-order valence-electron chi connectivity index (χ4n) is 2.62. The molecule has 0 atom stereocenters. The van der Waals surface area contributed by atoms with Crippen molar-refractivity contribution in [1.29, 1.82) is 0 Å². The average molecular weight is 394 g/mol. The molecule has 2 N–H and O–H groups in total. The number of anilines is 2. The van der Waals surface area contributed by atoms with E-state index in [2.05, 4.69) is 15.4 Å². The molecule has 3 aromatic rings. The van der Waals surface area contributed by atoms with Crippen LogP contribution in [0.4, 0.5) is 29.2 Å². The molecule has 2 aromatic carbocycles. The summed E-state index contributed by atoms with van der Waals surface area (Å²) in [6.07, 6.45) is 0.901. The van der Waals surface area contributed by atoms with Crippen LogP contribution in [0.3, 0.4) is 0 Å². The van der Waals surface area contributed by atoms with Gasteiger partial charge in [-0.2, -0.15) is 10.1 Å². The van der Waals surface area contributed by atoms with E-state index >= 15 is 0 Å². The Hall–Kier alpha value is -3.27. The van der Waals surface area contributed by atoms with E-state index in [9.17, 15) is 27.5 Å². The predicted molar refractivity (Wildman–Crippen MR) is 92.1 cm³/mol. The van der Waals surface area contributed by atoms with Crippen molar-refractivity contribution < 1.29 is 22.7 Å². The molecule has 0 bridgehead atoms. The number of hydrogen-bond donors (Lipinski definition) is 2. The number of aromatic nitrogens is 3. The second-order valence-electron chi connectivity index (χ2n) is 5.93. The molecule has 0 saturated carbocycles. The molecule has 1 heterocycles. The maximum atomic E-state index is 13.7. The van der Waals surface area contributed by atoms with Gasteiger partial charge in [0.1, 0.15) is 12.0 Å². The first-order chi connectivity index (χ1) is 13.3. The SMILES string of the molecule is Cc1c(Nc2nc(=O)cnn2Cc2cc(F)c(F)c(F)c2)ccc(F)c1CO. The van der Waals surface area contributed by atoms with Crippen LogP contribution >= 0.6 is 0 Å². The molecule has 1 aromatic heterocycles. The van der Waals surface area contributed by atoms with Crippen LogP contribution in [-0.2, 0) is 13.2 Å². The van der Waals surface area contributed by atoms with Crippen molar-refractivity contribution in [1.82, 2.24) is 14.8 Å². The molecule has 0 amide bonds. The summed E-state index contributed by atoms with van der Waals surface area (Å²) in [5.74, 6) is -5.00. The molecule has 0 spiro atoms. The Morgan fingerprint density at radius 2 is 1.79 bits per heavy atom. The number of hydrogen-bond acceptors (Lipinski definition) is 5. The number of rotatable bonds is 5. The van der Waals surface area contributed by atoms with E-state index in [1.165, 1.54) is 6.07 Å². The largest absolute Gasteiger partial charge is 0.392 e. The fraction of sp³-hybridized carbons (Fsp3) is 0.167. The van der Waals surface area contributed by atoms with Gasteiger partial charge in [-0.1, -0.05) is 0 Å². The van der Waals surface area contributed by atoms with Gasteiger partial charge in [0.25, 0.3) is 5.56 Å². The maximum absolute atomic E-state index is 13.7. The van der Waals surface area contributed by atoms with Crippen molar-refractivity contribution in [3.8, 4) is 0 Å². The molecule has 6 nitrogen and oxygen atoms in total. The molecule has 0 saturated heterocycles. The molecule has 28 heavy (non-hydrogen) atoms. The van der Waals surface area contributed by atoms with E-state index < -0.39 is 35.4 Å². The number of halogens is 4. The number of aliphatic hydroxyl groups is 1. The zero-order valence-corrected chi connectivity index (χ0v) is 14.5. The van der Waals surface area contributed by atoms with Crippen LogP contribution in [0, 0.1) is 30.2 Å². The third-order valence-corrected chi connectivity index (χ3v) is 4.09. The van der Waals surface area contributed by atoms with E-state index in [4.69, 9.17) is 0 Å². The Kier molecular flexibility index (Phi) is 5.41. The summed E-state index contributed by atoms with van der Waals surface area (Å²) in [6, 6.07) is 4.11. The van der Waals surface area contributed by atoms with Gasteiger partial charge < -0.3 is 10.4 Å². The number of aliphatic hydroxyl groups excluding tert-OH is 1. The summed E-state index contributed by atoms with van der Waals surface area (Å²) >= 11 is 0. The Morgan fingerprint density at radius 3 is 2.43 bits per heavy atom. The van der Waals surface area contributed by atoms with Crippen LogP contribution in [0.2, 0.25) is 0 Å². The minimum atomic E-state index is -1.59. The molecular weight excluding hydrogens is 380 g/mol. The predicted octanol–water partition coefficient (Wildman–Crippen LogP) is 2.79. The van der Waals surface area contributed by atoms with Gasteiger partial charge >= 0.3 is 0 Å². The third-order valence-electron chi connectivity index (χ3n) is 4.09. The van der Waals surface area contributed by atoms with Crippen molar-refractivity contribution in [2.45, 2.75) is 20.1 Å². The van der Waals surface area contributed by atoms with Crippen LogP contribution in [0.25, 0.3) is 0 Å². The molecule has 3 rings (SSSR count). The van der Waals surface area contributed by atoms with Gasteiger partial charge in [-0.05, 0) is 42.3 Å². The van der Waals surface area contributed by atoms with Crippen LogP contribution in [-0.4, -0.2) is 19.9 Å². The van der Waals surface area contributed by atoms with E-state index in [0.29, 0.717) is 11.3 Å². The Morgan fingerprint density at radius 1 is 1.11 bits per heavy atom. The first-order valence-electron chi connectivity index (χ1n) is 8.03. The van der Waals surface area contributed by atoms with E-state index in [1.807, 2.05) is 0 Å². The topological polar surface area (TPSA) is 80.0 Å². The summed E-state index contributed by atoms with van der Waals surface area (Å²) in [5, 5.41) is 16.0. The van der Waals surface area contributed by atoms with Gasteiger partial charge in [0.05, 0.1) is 13.2 Å². The zero-order valence-electron chi connectivity index (χ0n) is 14.5. The Balaban J connectivity index is 2.00. The molecule has 0 aliphatic carbocycles. The quantitative estimate of drug-likeness (QED) is 0.514. The van der Waals surface area contributed by atoms with Crippen LogP contribution < -0.4 is 10.9 Å². The van der Waals surface area contributed by atoms with Gasteiger partial charge in [-0.15, -0.1) is 0 Å². The summed E-state index contributed by atoms with van der Waals surface area (Å²) < 4.78 is 54.9. The lowest BCUT2D eigenvalue weighted by Gasteiger charge is -2.16. The second-order valence-corrected chi connectivity index (χ2v) is 5.93. The van der Waals surface area contributed by atoms with Gasteiger partial charge in [0.2, 0.25) is 5.95 Å². The molecule has 10 heteroatoms. The highest BCUT2D eigenvalue weighted by molar-refractivity contribution is 5.60. The molecule has 0 aliphatic heterocycles.